The zero-order chi connectivity index (χ0) is 15.6. The Balaban J connectivity index is 1.60. The second kappa shape index (κ2) is 6.11. The normalized spacial score (nSPS) is 19.3. The molecule has 1 aliphatic heterocycles. The molecule has 1 heterocycles. The molecule has 1 aromatic rings. The van der Waals surface area contributed by atoms with Gasteiger partial charge in [0.05, 0.1) is 0 Å². The molecule has 0 aromatic heterocycles. The minimum absolute atomic E-state index is 0.00526. The zero-order valence-electron chi connectivity index (χ0n) is 13.2. The van der Waals surface area contributed by atoms with Crippen LogP contribution in [0.25, 0.3) is 0 Å². The molecule has 22 heavy (non-hydrogen) atoms. The van der Waals surface area contributed by atoms with Gasteiger partial charge in [0, 0.05) is 31.6 Å². The maximum Gasteiger partial charge on any atom is 0.251 e. The van der Waals surface area contributed by atoms with Crippen molar-refractivity contribution >= 4 is 11.8 Å². The van der Waals surface area contributed by atoms with Crippen LogP contribution in [-0.4, -0.2) is 29.8 Å². The van der Waals surface area contributed by atoms with Crippen molar-refractivity contribution in [3.05, 3.63) is 35.4 Å². The molecule has 0 spiro atoms. The summed E-state index contributed by atoms with van der Waals surface area (Å²) >= 11 is 0. The van der Waals surface area contributed by atoms with Gasteiger partial charge >= 0.3 is 0 Å². The van der Waals surface area contributed by atoms with Gasteiger partial charge in [0.15, 0.2) is 0 Å². The number of nitrogens with one attached hydrogen (secondary N) is 1. The Bertz CT molecular complexity index is 578. The van der Waals surface area contributed by atoms with Gasteiger partial charge in [-0.3, -0.25) is 9.59 Å². The minimum Gasteiger partial charge on any atom is -0.351 e. The molecular formula is C18H24N2O2. The molecule has 1 aromatic carbocycles. The largest absolute Gasteiger partial charge is 0.351 e. The van der Waals surface area contributed by atoms with Crippen molar-refractivity contribution < 1.29 is 9.59 Å². The summed E-state index contributed by atoms with van der Waals surface area (Å²) in [6.45, 7) is 4.40. The van der Waals surface area contributed by atoms with Crippen LogP contribution in [0.2, 0.25) is 0 Å². The van der Waals surface area contributed by atoms with Crippen molar-refractivity contribution in [2.75, 3.05) is 13.1 Å². The number of carbonyl (C=O) groups is 2. The molecule has 4 nitrogen and oxygen atoms in total. The van der Waals surface area contributed by atoms with Crippen molar-refractivity contribution in [1.29, 1.82) is 0 Å². The highest BCUT2D eigenvalue weighted by molar-refractivity contribution is 5.94. The van der Waals surface area contributed by atoms with E-state index < -0.39 is 0 Å². The molecular weight excluding hydrogens is 276 g/mol. The van der Waals surface area contributed by atoms with Gasteiger partial charge in [-0.15, -0.1) is 0 Å². The molecule has 0 radical (unpaired) electrons. The van der Waals surface area contributed by atoms with Crippen LogP contribution >= 0.6 is 0 Å². The van der Waals surface area contributed by atoms with Crippen molar-refractivity contribution in [2.24, 2.45) is 5.41 Å². The highest BCUT2D eigenvalue weighted by atomic mass is 16.2. The Kier molecular flexibility index (Phi) is 4.19. The molecule has 4 heteroatoms. The SMILES string of the molecule is CCC1(CNC(=O)c2cccc(CN3CCCC3=O)c2)CC1. The van der Waals surface area contributed by atoms with Crippen LogP contribution in [0.3, 0.4) is 0 Å². The first-order valence-electron chi connectivity index (χ1n) is 8.27. The first kappa shape index (κ1) is 15.1. The zero-order valence-corrected chi connectivity index (χ0v) is 13.2. The molecule has 0 atom stereocenters. The van der Waals surface area contributed by atoms with Gasteiger partial charge in [-0.25, -0.2) is 0 Å². The number of hydrogen-bond donors (Lipinski definition) is 1. The van der Waals surface area contributed by atoms with Gasteiger partial charge in [0.2, 0.25) is 5.91 Å². The summed E-state index contributed by atoms with van der Waals surface area (Å²) in [7, 11) is 0. The molecule has 118 valence electrons. The highest BCUT2D eigenvalue weighted by Gasteiger charge is 2.40. The number of nitrogens with zero attached hydrogens (tertiary/aromatic N) is 1. The molecule has 0 bridgehead atoms. The van der Waals surface area contributed by atoms with E-state index in [2.05, 4.69) is 12.2 Å². The lowest BCUT2D eigenvalue weighted by Crippen LogP contribution is -2.30. The smallest absolute Gasteiger partial charge is 0.251 e. The first-order valence-corrected chi connectivity index (χ1v) is 8.27. The van der Waals surface area contributed by atoms with Crippen molar-refractivity contribution in [3.63, 3.8) is 0 Å². The fourth-order valence-corrected chi connectivity index (χ4v) is 3.10. The molecule has 2 aliphatic rings. The van der Waals surface area contributed by atoms with E-state index >= 15 is 0 Å². The third-order valence-corrected chi connectivity index (χ3v) is 5.07. The summed E-state index contributed by atoms with van der Waals surface area (Å²) in [4.78, 5) is 25.9. The van der Waals surface area contributed by atoms with E-state index in [4.69, 9.17) is 0 Å². The molecule has 1 N–H and O–H groups in total. The average molecular weight is 300 g/mol. The fraction of sp³-hybridized carbons (Fsp3) is 0.556. The number of amides is 2. The van der Waals surface area contributed by atoms with E-state index in [9.17, 15) is 9.59 Å². The van der Waals surface area contributed by atoms with Crippen LogP contribution in [0.4, 0.5) is 0 Å². The summed E-state index contributed by atoms with van der Waals surface area (Å²) in [6.07, 6.45) is 5.17. The number of likely N-dealkylation sites (tertiary alicyclic amines) is 1. The lowest BCUT2D eigenvalue weighted by Gasteiger charge is -2.16. The van der Waals surface area contributed by atoms with Crippen LogP contribution in [-0.2, 0) is 11.3 Å². The first-order chi connectivity index (χ1) is 10.6. The predicted octanol–water partition coefficient (Wildman–Crippen LogP) is 2.73. The Labute approximate surface area is 131 Å². The maximum atomic E-state index is 12.3. The van der Waals surface area contributed by atoms with Gasteiger partial charge in [-0.1, -0.05) is 19.1 Å². The molecule has 0 unspecified atom stereocenters. The molecule has 2 amide bonds. The summed E-state index contributed by atoms with van der Waals surface area (Å²) < 4.78 is 0. The highest BCUT2D eigenvalue weighted by Crippen LogP contribution is 2.47. The van der Waals surface area contributed by atoms with Crippen LogP contribution in [0.1, 0.15) is 54.9 Å². The number of rotatable bonds is 6. The number of hydrogen-bond acceptors (Lipinski definition) is 2. The average Bonchev–Trinajstić information content (AvgIpc) is 3.22. The third-order valence-electron chi connectivity index (χ3n) is 5.07. The summed E-state index contributed by atoms with van der Waals surface area (Å²) in [6, 6.07) is 7.64. The monoisotopic (exact) mass is 300 g/mol. The Morgan fingerprint density at radius 1 is 1.36 bits per heavy atom. The molecule has 1 saturated heterocycles. The molecule has 2 fully saturated rings. The topological polar surface area (TPSA) is 49.4 Å². The van der Waals surface area contributed by atoms with Gasteiger partial charge in [-0.2, -0.15) is 0 Å². The molecule has 1 saturated carbocycles. The van der Waals surface area contributed by atoms with E-state index in [1.807, 2.05) is 29.2 Å². The van der Waals surface area contributed by atoms with Crippen LogP contribution in [0, 0.1) is 5.41 Å². The Morgan fingerprint density at radius 2 is 2.18 bits per heavy atom. The molecule has 3 rings (SSSR count). The number of carbonyl (C=O) groups excluding carboxylic acids is 2. The van der Waals surface area contributed by atoms with Gasteiger partial charge < -0.3 is 10.2 Å². The van der Waals surface area contributed by atoms with E-state index in [0.29, 0.717) is 23.9 Å². The fourth-order valence-electron chi connectivity index (χ4n) is 3.10. The molecule has 1 aliphatic carbocycles. The predicted molar refractivity (Wildman–Crippen MR) is 85.4 cm³/mol. The third kappa shape index (κ3) is 3.32. The lowest BCUT2D eigenvalue weighted by molar-refractivity contribution is -0.128. The van der Waals surface area contributed by atoms with Gasteiger partial charge in [0.25, 0.3) is 5.91 Å². The lowest BCUT2D eigenvalue weighted by atomic mass is 10.0. The van der Waals surface area contributed by atoms with Gasteiger partial charge in [-0.05, 0) is 48.8 Å². The van der Waals surface area contributed by atoms with Crippen molar-refractivity contribution in [1.82, 2.24) is 10.2 Å². The van der Waals surface area contributed by atoms with Crippen molar-refractivity contribution in [3.8, 4) is 0 Å². The van der Waals surface area contributed by atoms with Crippen LogP contribution in [0.5, 0.6) is 0 Å². The van der Waals surface area contributed by atoms with E-state index in [0.717, 1.165) is 31.5 Å². The van der Waals surface area contributed by atoms with Gasteiger partial charge in [0.1, 0.15) is 0 Å². The standard InChI is InChI=1S/C18H24N2O2/c1-2-18(8-9-18)13-19-17(22)15-6-3-5-14(11-15)12-20-10-4-7-16(20)21/h3,5-6,11H,2,4,7-10,12-13H2,1H3,(H,19,22). The van der Waals surface area contributed by atoms with Crippen molar-refractivity contribution in [2.45, 2.75) is 45.6 Å². The van der Waals surface area contributed by atoms with Crippen LogP contribution in [0.15, 0.2) is 24.3 Å². The maximum absolute atomic E-state index is 12.3. The Morgan fingerprint density at radius 3 is 2.82 bits per heavy atom. The minimum atomic E-state index is -0.00526. The second-order valence-electron chi connectivity index (χ2n) is 6.66. The summed E-state index contributed by atoms with van der Waals surface area (Å²) in [5.74, 6) is 0.211. The summed E-state index contributed by atoms with van der Waals surface area (Å²) in [5.41, 5.74) is 2.07. The van der Waals surface area contributed by atoms with E-state index in [-0.39, 0.29) is 11.8 Å². The van der Waals surface area contributed by atoms with Crippen LogP contribution < -0.4 is 5.32 Å². The summed E-state index contributed by atoms with van der Waals surface area (Å²) in [5, 5.41) is 3.06. The Hall–Kier alpha value is -1.84. The van der Waals surface area contributed by atoms with E-state index in [1.165, 1.54) is 12.8 Å². The number of benzene rings is 1. The second-order valence-corrected chi connectivity index (χ2v) is 6.66. The van der Waals surface area contributed by atoms with E-state index in [1.54, 1.807) is 0 Å². The quantitative estimate of drug-likeness (QED) is 0.878.